The molecule has 0 amide bonds. The zero-order valence-electron chi connectivity index (χ0n) is 10.5. The second kappa shape index (κ2) is 7.26. The fraction of sp³-hybridized carbons (Fsp3) is 0.643. The first-order valence-corrected chi connectivity index (χ1v) is 6.46. The van der Waals surface area contributed by atoms with Crippen LogP contribution < -0.4 is 5.56 Å². The lowest BCUT2D eigenvalue weighted by atomic mass is 9.92. The van der Waals surface area contributed by atoms with Crippen molar-refractivity contribution >= 4 is 0 Å². The molecule has 16 heavy (non-hydrogen) atoms. The molecule has 1 atom stereocenters. The van der Waals surface area contributed by atoms with Crippen molar-refractivity contribution in [1.82, 2.24) is 4.98 Å². The fourth-order valence-corrected chi connectivity index (χ4v) is 2.10. The lowest BCUT2D eigenvalue weighted by molar-refractivity contribution is 0.541. The maximum absolute atomic E-state index is 11.0. The highest BCUT2D eigenvalue weighted by molar-refractivity contribution is 5.14. The van der Waals surface area contributed by atoms with Crippen LogP contribution in [0.5, 0.6) is 0 Å². The molecule has 1 N–H and O–H groups in total. The van der Waals surface area contributed by atoms with Gasteiger partial charge in [-0.3, -0.25) is 4.79 Å². The summed E-state index contributed by atoms with van der Waals surface area (Å²) < 4.78 is 0. The highest BCUT2D eigenvalue weighted by Gasteiger charge is 2.08. The van der Waals surface area contributed by atoms with Gasteiger partial charge in [-0.15, -0.1) is 0 Å². The first-order chi connectivity index (χ1) is 7.77. The van der Waals surface area contributed by atoms with Crippen molar-refractivity contribution in [3.05, 3.63) is 34.2 Å². The summed E-state index contributed by atoms with van der Waals surface area (Å²) in [5.41, 5.74) is 1.27. The molecule has 2 heteroatoms. The number of unbranched alkanes of at least 4 members (excludes halogenated alkanes) is 3. The van der Waals surface area contributed by atoms with Crippen LogP contribution in [0.25, 0.3) is 0 Å². The molecule has 0 fully saturated rings. The molecule has 0 aliphatic rings. The summed E-state index contributed by atoms with van der Waals surface area (Å²) in [5.74, 6) is 0.605. The predicted octanol–water partition coefficient (Wildman–Crippen LogP) is 3.84. The second-order valence-corrected chi connectivity index (χ2v) is 4.44. The average molecular weight is 221 g/mol. The Hall–Kier alpha value is -1.05. The summed E-state index contributed by atoms with van der Waals surface area (Å²) >= 11 is 0. The monoisotopic (exact) mass is 221 g/mol. The van der Waals surface area contributed by atoms with Crippen LogP contribution in [-0.2, 0) is 0 Å². The molecule has 0 aliphatic heterocycles. The van der Waals surface area contributed by atoms with E-state index in [4.69, 9.17) is 0 Å². The van der Waals surface area contributed by atoms with Crippen LogP contribution in [0.2, 0.25) is 0 Å². The van der Waals surface area contributed by atoms with Crippen molar-refractivity contribution in [3.8, 4) is 0 Å². The molecule has 1 heterocycles. The Morgan fingerprint density at radius 2 is 2.00 bits per heavy atom. The molecule has 1 aromatic rings. The van der Waals surface area contributed by atoms with Gasteiger partial charge in [-0.1, -0.05) is 45.6 Å². The van der Waals surface area contributed by atoms with Gasteiger partial charge in [-0.25, -0.2) is 0 Å². The number of nitrogens with one attached hydrogen (secondary N) is 1. The van der Waals surface area contributed by atoms with Gasteiger partial charge >= 0.3 is 0 Å². The third-order valence-electron chi connectivity index (χ3n) is 3.18. The van der Waals surface area contributed by atoms with Crippen molar-refractivity contribution in [2.75, 3.05) is 0 Å². The van der Waals surface area contributed by atoms with Gasteiger partial charge in [0.25, 0.3) is 0 Å². The highest BCUT2D eigenvalue weighted by atomic mass is 16.1. The van der Waals surface area contributed by atoms with Crippen LogP contribution in [0, 0.1) is 0 Å². The lowest BCUT2D eigenvalue weighted by Gasteiger charge is -2.14. The van der Waals surface area contributed by atoms with Crippen LogP contribution in [0.15, 0.2) is 23.1 Å². The van der Waals surface area contributed by atoms with E-state index in [2.05, 4.69) is 18.8 Å². The normalized spacial score (nSPS) is 12.6. The predicted molar refractivity (Wildman–Crippen MR) is 68.9 cm³/mol. The van der Waals surface area contributed by atoms with E-state index in [9.17, 15) is 4.79 Å². The van der Waals surface area contributed by atoms with Gasteiger partial charge in [0.15, 0.2) is 0 Å². The van der Waals surface area contributed by atoms with Crippen LogP contribution in [0.4, 0.5) is 0 Å². The first-order valence-electron chi connectivity index (χ1n) is 6.46. The lowest BCUT2D eigenvalue weighted by Crippen LogP contribution is -2.06. The molecule has 0 aromatic carbocycles. The number of pyridine rings is 1. The molecular weight excluding hydrogens is 198 g/mol. The number of H-pyrrole nitrogens is 1. The Balaban J connectivity index is 2.47. The second-order valence-electron chi connectivity index (χ2n) is 4.44. The first kappa shape index (κ1) is 13.0. The summed E-state index contributed by atoms with van der Waals surface area (Å²) in [5, 5.41) is 0. The zero-order valence-corrected chi connectivity index (χ0v) is 10.5. The van der Waals surface area contributed by atoms with Gasteiger partial charge in [0.1, 0.15) is 0 Å². The Labute approximate surface area is 98.1 Å². The minimum atomic E-state index is -0.00964. The maximum atomic E-state index is 11.0. The quantitative estimate of drug-likeness (QED) is 0.697. The van der Waals surface area contributed by atoms with E-state index in [1.807, 2.05) is 12.3 Å². The van der Waals surface area contributed by atoms with Gasteiger partial charge in [0, 0.05) is 12.3 Å². The number of aromatic nitrogens is 1. The third kappa shape index (κ3) is 4.21. The molecule has 90 valence electrons. The number of hydrogen-bond donors (Lipinski definition) is 1. The van der Waals surface area contributed by atoms with E-state index in [0.29, 0.717) is 5.92 Å². The molecule has 0 saturated heterocycles. The fourth-order valence-electron chi connectivity index (χ4n) is 2.10. The van der Waals surface area contributed by atoms with E-state index < -0.39 is 0 Å². The SMILES string of the molecule is CCCCCCC(CC)c1ccc(=O)[nH]c1. The molecule has 2 nitrogen and oxygen atoms in total. The number of rotatable bonds is 7. The minimum Gasteiger partial charge on any atom is -0.329 e. The Bertz CT molecular complexity index is 322. The van der Waals surface area contributed by atoms with Gasteiger partial charge in [0.05, 0.1) is 0 Å². The van der Waals surface area contributed by atoms with E-state index >= 15 is 0 Å². The van der Waals surface area contributed by atoms with Gasteiger partial charge in [-0.05, 0) is 24.3 Å². The largest absolute Gasteiger partial charge is 0.329 e. The van der Waals surface area contributed by atoms with Crippen molar-refractivity contribution in [2.24, 2.45) is 0 Å². The summed E-state index contributed by atoms with van der Waals surface area (Å²) in [4.78, 5) is 13.7. The minimum absolute atomic E-state index is 0.00964. The molecule has 0 saturated carbocycles. The molecule has 0 spiro atoms. The van der Waals surface area contributed by atoms with Crippen LogP contribution in [0.3, 0.4) is 0 Å². The zero-order chi connectivity index (χ0) is 11.8. The standard InChI is InChI=1S/C14H23NO/c1-3-5-6-7-8-12(4-2)13-9-10-14(16)15-11-13/h9-12H,3-8H2,1-2H3,(H,15,16). The van der Waals surface area contributed by atoms with Crippen LogP contribution in [-0.4, -0.2) is 4.98 Å². The smallest absolute Gasteiger partial charge is 0.247 e. The van der Waals surface area contributed by atoms with Crippen LogP contribution in [0.1, 0.15) is 63.9 Å². The maximum Gasteiger partial charge on any atom is 0.247 e. The summed E-state index contributed by atoms with van der Waals surface area (Å²) in [6.07, 6.45) is 9.51. The highest BCUT2D eigenvalue weighted by Crippen LogP contribution is 2.24. The van der Waals surface area contributed by atoms with Crippen molar-refractivity contribution in [3.63, 3.8) is 0 Å². The van der Waals surface area contributed by atoms with Gasteiger partial charge in [-0.2, -0.15) is 0 Å². The molecule has 1 rings (SSSR count). The molecule has 0 radical (unpaired) electrons. The molecule has 1 aromatic heterocycles. The van der Waals surface area contributed by atoms with E-state index in [-0.39, 0.29) is 5.56 Å². The van der Waals surface area contributed by atoms with Crippen LogP contribution >= 0.6 is 0 Å². The van der Waals surface area contributed by atoms with Gasteiger partial charge in [0.2, 0.25) is 5.56 Å². The Kier molecular flexibility index (Phi) is 5.91. The topological polar surface area (TPSA) is 32.9 Å². The Morgan fingerprint density at radius 3 is 2.56 bits per heavy atom. The average Bonchev–Trinajstić information content (AvgIpc) is 2.31. The van der Waals surface area contributed by atoms with Crippen molar-refractivity contribution in [1.29, 1.82) is 0 Å². The molecule has 0 bridgehead atoms. The molecule has 0 aliphatic carbocycles. The van der Waals surface area contributed by atoms with Crippen molar-refractivity contribution in [2.45, 2.75) is 58.3 Å². The molecular formula is C14H23NO. The summed E-state index contributed by atoms with van der Waals surface area (Å²) in [6.45, 7) is 4.45. The van der Waals surface area contributed by atoms with E-state index in [1.54, 1.807) is 6.07 Å². The van der Waals surface area contributed by atoms with Crippen molar-refractivity contribution < 1.29 is 0 Å². The third-order valence-corrected chi connectivity index (χ3v) is 3.18. The summed E-state index contributed by atoms with van der Waals surface area (Å²) in [7, 11) is 0. The van der Waals surface area contributed by atoms with E-state index in [1.165, 1.54) is 37.7 Å². The van der Waals surface area contributed by atoms with E-state index in [0.717, 1.165) is 6.42 Å². The Morgan fingerprint density at radius 1 is 1.19 bits per heavy atom. The number of aromatic amines is 1. The van der Waals surface area contributed by atoms with Gasteiger partial charge < -0.3 is 4.98 Å². The summed E-state index contributed by atoms with van der Waals surface area (Å²) in [6, 6.07) is 3.59. The number of hydrogen-bond acceptors (Lipinski definition) is 1. The molecule has 1 unspecified atom stereocenters.